The molecule has 0 amide bonds. The highest BCUT2D eigenvalue weighted by molar-refractivity contribution is 5.71. The highest BCUT2D eigenvalue weighted by atomic mass is 19.1. The molecule has 32 heavy (non-hydrogen) atoms. The molecular formula is C23H29FN6O2. The maximum atomic E-state index is 15.0. The molecule has 1 aliphatic heterocycles. The molecule has 0 bridgehead atoms. The first-order valence-corrected chi connectivity index (χ1v) is 10.8. The summed E-state index contributed by atoms with van der Waals surface area (Å²) in [6.07, 6.45) is 4.87. The van der Waals surface area contributed by atoms with Gasteiger partial charge >= 0.3 is 0 Å². The Kier molecular flexibility index (Phi) is 5.85. The van der Waals surface area contributed by atoms with Gasteiger partial charge in [0, 0.05) is 47.8 Å². The Bertz CT molecular complexity index is 1050. The van der Waals surface area contributed by atoms with Crippen molar-refractivity contribution in [3.05, 3.63) is 36.4 Å². The SMILES string of the molecule is CCOc1nc(-c2ccc(OC3CC(C)(C)NC(C)(C)C3)nn2)cc(F)c1-c1cn[nH]c1. The Morgan fingerprint density at radius 2 is 1.84 bits per heavy atom. The first-order chi connectivity index (χ1) is 15.2. The van der Waals surface area contributed by atoms with Gasteiger partial charge in [-0.2, -0.15) is 5.10 Å². The Labute approximate surface area is 187 Å². The van der Waals surface area contributed by atoms with Crippen molar-refractivity contribution >= 4 is 0 Å². The largest absolute Gasteiger partial charge is 0.477 e. The van der Waals surface area contributed by atoms with E-state index in [1.807, 2.05) is 6.92 Å². The maximum Gasteiger partial charge on any atom is 0.233 e. The van der Waals surface area contributed by atoms with Crippen molar-refractivity contribution in [3.8, 4) is 34.3 Å². The maximum absolute atomic E-state index is 15.0. The van der Waals surface area contributed by atoms with Crippen LogP contribution in [0.3, 0.4) is 0 Å². The molecule has 3 aromatic heterocycles. The molecule has 0 saturated carbocycles. The summed E-state index contributed by atoms with van der Waals surface area (Å²) in [7, 11) is 0. The summed E-state index contributed by atoms with van der Waals surface area (Å²) in [6, 6.07) is 4.80. The number of aromatic amines is 1. The minimum absolute atomic E-state index is 0.0239. The van der Waals surface area contributed by atoms with Crippen molar-refractivity contribution in [1.82, 2.24) is 30.7 Å². The third-order valence-electron chi connectivity index (χ3n) is 5.35. The molecule has 1 fully saturated rings. The smallest absolute Gasteiger partial charge is 0.233 e. The van der Waals surface area contributed by atoms with Gasteiger partial charge in [-0.15, -0.1) is 10.2 Å². The molecular weight excluding hydrogens is 411 g/mol. The molecule has 2 N–H and O–H groups in total. The highest BCUT2D eigenvalue weighted by Gasteiger charge is 2.38. The van der Waals surface area contributed by atoms with Crippen LogP contribution in [0.5, 0.6) is 11.8 Å². The molecule has 1 aliphatic rings. The zero-order valence-corrected chi connectivity index (χ0v) is 19.1. The number of piperidine rings is 1. The quantitative estimate of drug-likeness (QED) is 0.594. The van der Waals surface area contributed by atoms with Crippen molar-refractivity contribution in [3.63, 3.8) is 0 Å². The van der Waals surface area contributed by atoms with Crippen LogP contribution in [0, 0.1) is 5.82 Å². The molecule has 0 radical (unpaired) electrons. The van der Waals surface area contributed by atoms with Crippen LogP contribution >= 0.6 is 0 Å². The van der Waals surface area contributed by atoms with Gasteiger partial charge in [0.05, 0.1) is 24.1 Å². The summed E-state index contributed by atoms with van der Waals surface area (Å²) in [6.45, 7) is 10.8. The number of hydrogen-bond donors (Lipinski definition) is 2. The van der Waals surface area contributed by atoms with Gasteiger partial charge in [0.15, 0.2) is 0 Å². The second kappa shape index (κ2) is 8.46. The Morgan fingerprint density at radius 3 is 2.44 bits per heavy atom. The highest BCUT2D eigenvalue weighted by Crippen LogP contribution is 2.34. The minimum Gasteiger partial charge on any atom is -0.477 e. The van der Waals surface area contributed by atoms with Gasteiger partial charge in [-0.25, -0.2) is 9.37 Å². The van der Waals surface area contributed by atoms with Crippen molar-refractivity contribution in [1.29, 1.82) is 0 Å². The standard InChI is InChI=1S/C23H29FN6O2/c1-6-31-21-20(14-12-25-26-13-14)16(24)9-18(27-21)17-7-8-19(29-28-17)32-15-10-22(2,3)30-23(4,5)11-15/h7-9,12-13,15,30H,6,10-11H2,1-5H3,(H,25,26). The van der Waals surface area contributed by atoms with Crippen molar-refractivity contribution in [2.75, 3.05) is 6.61 Å². The zero-order chi connectivity index (χ0) is 22.9. The Morgan fingerprint density at radius 1 is 1.09 bits per heavy atom. The zero-order valence-electron chi connectivity index (χ0n) is 19.1. The Hall–Kier alpha value is -3.07. The van der Waals surface area contributed by atoms with Crippen LogP contribution < -0.4 is 14.8 Å². The van der Waals surface area contributed by atoms with Crippen LogP contribution in [0.2, 0.25) is 0 Å². The van der Waals surface area contributed by atoms with E-state index < -0.39 is 5.82 Å². The van der Waals surface area contributed by atoms with Gasteiger partial charge in [0.1, 0.15) is 17.6 Å². The third kappa shape index (κ3) is 4.88. The molecule has 4 heterocycles. The van der Waals surface area contributed by atoms with Crippen molar-refractivity contribution in [2.45, 2.75) is 64.6 Å². The topological polar surface area (TPSA) is 97.8 Å². The van der Waals surface area contributed by atoms with Gasteiger partial charge in [-0.3, -0.25) is 5.10 Å². The number of aromatic nitrogens is 5. The second-order valence-corrected chi connectivity index (χ2v) is 9.39. The van der Waals surface area contributed by atoms with Gasteiger partial charge in [-0.05, 0) is 40.7 Å². The normalized spacial score (nSPS) is 17.8. The van der Waals surface area contributed by atoms with E-state index in [-0.39, 0.29) is 28.6 Å². The summed E-state index contributed by atoms with van der Waals surface area (Å²) in [5, 5.41) is 18.6. The third-order valence-corrected chi connectivity index (χ3v) is 5.35. The van der Waals surface area contributed by atoms with Gasteiger partial charge in [0.2, 0.25) is 11.8 Å². The van der Waals surface area contributed by atoms with Crippen molar-refractivity contribution in [2.24, 2.45) is 0 Å². The lowest BCUT2D eigenvalue weighted by Crippen LogP contribution is -2.60. The number of halogens is 1. The molecule has 0 aromatic carbocycles. The van der Waals surface area contributed by atoms with Crippen LogP contribution in [0.4, 0.5) is 4.39 Å². The molecule has 0 atom stereocenters. The molecule has 1 saturated heterocycles. The summed E-state index contributed by atoms with van der Waals surface area (Å²) < 4.78 is 26.7. The van der Waals surface area contributed by atoms with Crippen LogP contribution in [0.15, 0.2) is 30.6 Å². The molecule has 0 unspecified atom stereocenters. The summed E-state index contributed by atoms with van der Waals surface area (Å²) in [5.74, 6) is 0.152. The predicted molar refractivity (Wildman–Crippen MR) is 119 cm³/mol. The van der Waals surface area contributed by atoms with Crippen LogP contribution in [0.1, 0.15) is 47.5 Å². The predicted octanol–water partition coefficient (Wildman–Crippen LogP) is 4.15. The number of hydrogen-bond acceptors (Lipinski definition) is 7. The van der Waals surface area contributed by atoms with E-state index in [9.17, 15) is 4.39 Å². The lowest BCUT2D eigenvalue weighted by Gasteiger charge is -2.46. The van der Waals surface area contributed by atoms with E-state index >= 15 is 0 Å². The average Bonchev–Trinajstić information content (AvgIpc) is 3.20. The average molecular weight is 441 g/mol. The molecule has 0 spiro atoms. The molecule has 3 aromatic rings. The fourth-order valence-electron chi connectivity index (χ4n) is 4.52. The monoisotopic (exact) mass is 440 g/mol. The Balaban J connectivity index is 1.56. The lowest BCUT2D eigenvalue weighted by atomic mass is 9.81. The van der Waals surface area contributed by atoms with Gasteiger partial charge in [-0.1, -0.05) is 0 Å². The molecule has 8 nitrogen and oxygen atoms in total. The van der Waals surface area contributed by atoms with Gasteiger partial charge in [0.25, 0.3) is 0 Å². The number of nitrogens with one attached hydrogen (secondary N) is 2. The van der Waals surface area contributed by atoms with Crippen LogP contribution in [-0.4, -0.2) is 49.2 Å². The van der Waals surface area contributed by atoms with Crippen LogP contribution in [0.25, 0.3) is 22.5 Å². The molecule has 170 valence electrons. The van der Waals surface area contributed by atoms with E-state index in [4.69, 9.17) is 9.47 Å². The lowest BCUT2D eigenvalue weighted by molar-refractivity contribution is 0.0524. The second-order valence-electron chi connectivity index (χ2n) is 9.39. The molecule has 4 rings (SSSR count). The van der Waals surface area contributed by atoms with E-state index in [0.29, 0.717) is 29.4 Å². The fourth-order valence-corrected chi connectivity index (χ4v) is 4.52. The number of nitrogens with zero attached hydrogens (tertiary/aromatic N) is 4. The summed E-state index contributed by atoms with van der Waals surface area (Å²) in [5.41, 5.74) is 1.52. The van der Waals surface area contributed by atoms with Crippen molar-refractivity contribution < 1.29 is 13.9 Å². The number of ether oxygens (including phenoxy) is 2. The number of pyridine rings is 1. The van der Waals surface area contributed by atoms with E-state index in [2.05, 4.69) is 58.4 Å². The number of rotatable bonds is 6. The molecule has 9 heteroatoms. The first kappa shape index (κ1) is 22.1. The first-order valence-electron chi connectivity index (χ1n) is 10.8. The van der Waals surface area contributed by atoms with E-state index in [0.717, 1.165) is 12.8 Å². The fraction of sp³-hybridized carbons (Fsp3) is 0.478. The van der Waals surface area contributed by atoms with Gasteiger partial charge < -0.3 is 14.8 Å². The van der Waals surface area contributed by atoms with E-state index in [1.165, 1.54) is 12.3 Å². The minimum atomic E-state index is -0.471. The number of H-pyrrole nitrogens is 1. The van der Waals surface area contributed by atoms with E-state index in [1.54, 1.807) is 18.3 Å². The summed E-state index contributed by atoms with van der Waals surface area (Å²) >= 11 is 0. The molecule has 0 aliphatic carbocycles. The summed E-state index contributed by atoms with van der Waals surface area (Å²) in [4.78, 5) is 4.48. The van der Waals surface area contributed by atoms with Crippen LogP contribution in [-0.2, 0) is 0 Å².